The molecule has 1 aromatic rings. The highest BCUT2D eigenvalue weighted by Gasteiger charge is 2.28. The summed E-state index contributed by atoms with van der Waals surface area (Å²) in [5, 5.41) is 0. The molecule has 1 unspecified atom stereocenters. The molecule has 19 heavy (non-hydrogen) atoms. The number of alkyl halides is 1. The molecule has 0 bridgehead atoms. The van der Waals surface area contributed by atoms with Gasteiger partial charge < -0.3 is 9.47 Å². The number of hydrogen-bond acceptors (Lipinski definition) is 2. The molecule has 2 heterocycles. The van der Waals surface area contributed by atoms with Gasteiger partial charge in [-0.1, -0.05) is 22.6 Å². The van der Waals surface area contributed by atoms with E-state index in [0.29, 0.717) is 5.92 Å². The Labute approximate surface area is 125 Å². The monoisotopic (exact) mass is 372 g/mol. The molecule has 1 aliphatic carbocycles. The number of aryl methyl sites for hydroxylation is 1. The summed E-state index contributed by atoms with van der Waals surface area (Å²) in [4.78, 5) is 25.9. The summed E-state index contributed by atoms with van der Waals surface area (Å²) in [5.74, 6) is 0.775. The Kier molecular flexibility index (Phi) is 3.41. The van der Waals surface area contributed by atoms with Crippen LogP contribution in [0, 0.1) is 5.92 Å². The van der Waals surface area contributed by atoms with Gasteiger partial charge in [-0.25, -0.2) is 0 Å². The minimum absolute atomic E-state index is 0.00184. The zero-order valence-electron chi connectivity index (χ0n) is 10.9. The fourth-order valence-corrected chi connectivity index (χ4v) is 3.30. The predicted octanol–water partition coefficient (Wildman–Crippen LogP) is 1.97. The van der Waals surface area contributed by atoms with Gasteiger partial charge in [-0.3, -0.25) is 9.59 Å². The largest absolute Gasteiger partial charge is 0.315 e. The Bertz CT molecular complexity index is 577. The molecule has 0 aromatic carbocycles. The minimum Gasteiger partial charge on any atom is -0.315 e. The Morgan fingerprint density at radius 2 is 2.05 bits per heavy atom. The van der Waals surface area contributed by atoms with Crippen molar-refractivity contribution in [3.8, 4) is 0 Å². The predicted molar refractivity (Wildman–Crippen MR) is 83.0 cm³/mol. The van der Waals surface area contributed by atoms with Crippen molar-refractivity contribution in [2.45, 2.75) is 36.2 Å². The van der Waals surface area contributed by atoms with Crippen molar-refractivity contribution >= 4 is 34.2 Å². The lowest BCUT2D eigenvalue weighted by Crippen LogP contribution is -2.33. The van der Waals surface area contributed by atoms with Crippen molar-refractivity contribution < 1.29 is 4.79 Å². The minimum atomic E-state index is 0.00184. The summed E-state index contributed by atoms with van der Waals surface area (Å²) < 4.78 is 1.82. The number of pyridine rings is 1. The van der Waals surface area contributed by atoms with Gasteiger partial charge in [0, 0.05) is 25.9 Å². The molecule has 1 atom stereocenters. The molecular formula is C14H17IN2O2. The van der Waals surface area contributed by atoms with E-state index in [1.807, 2.05) is 10.8 Å². The van der Waals surface area contributed by atoms with Crippen LogP contribution < -0.4 is 10.5 Å². The maximum Gasteiger partial charge on any atom is 0.252 e. The Morgan fingerprint density at radius 1 is 1.32 bits per heavy atom. The first kappa shape index (κ1) is 13.1. The quantitative estimate of drug-likeness (QED) is 0.589. The van der Waals surface area contributed by atoms with Crippen molar-refractivity contribution in [2.24, 2.45) is 5.92 Å². The van der Waals surface area contributed by atoms with Crippen LogP contribution in [0.25, 0.3) is 0 Å². The van der Waals surface area contributed by atoms with Crippen LogP contribution in [-0.4, -0.2) is 21.4 Å². The highest BCUT2D eigenvalue weighted by Crippen LogP contribution is 2.31. The maximum atomic E-state index is 12.1. The molecule has 102 valence electrons. The van der Waals surface area contributed by atoms with Crippen molar-refractivity contribution in [1.29, 1.82) is 0 Å². The molecule has 1 aromatic heterocycles. The SMILES string of the molecule is CN1C(=O)C(I)CCc2cn(CC3CC3)c(=O)cc21. The average molecular weight is 372 g/mol. The van der Waals surface area contributed by atoms with E-state index in [1.54, 1.807) is 18.0 Å². The van der Waals surface area contributed by atoms with Crippen LogP contribution in [0.1, 0.15) is 24.8 Å². The smallest absolute Gasteiger partial charge is 0.252 e. The van der Waals surface area contributed by atoms with E-state index >= 15 is 0 Å². The number of fused-ring (bicyclic) bond motifs is 1. The van der Waals surface area contributed by atoms with Gasteiger partial charge in [0.15, 0.2) is 0 Å². The second-order valence-electron chi connectivity index (χ2n) is 5.52. The number of amides is 1. The highest BCUT2D eigenvalue weighted by atomic mass is 127. The summed E-state index contributed by atoms with van der Waals surface area (Å²) in [6.07, 6.45) is 6.15. The fourth-order valence-electron chi connectivity index (χ4n) is 2.57. The van der Waals surface area contributed by atoms with Crippen molar-refractivity contribution in [3.63, 3.8) is 0 Å². The van der Waals surface area contributed by atoms with Crippen molar-refractivity contribution in [2.75, 3.05) is 11.9 Å². The fraction of sp³-hybridized carbons (Fsp3) is 0.571. The number of halogens is 1. The van der Waals surface area contributed by atoms with Crippen LogP contribution >= 0.6 is 22.6 Å². The second-order valence-corrected chi connectivity index (χ2v) is 7.02. The number of carbonyl (C=O) groups is 1. The van der Waals surface area contributed by atoms with Gasteiger partial charge in [-0.05, 0) is 37.2 Å². The molecule has 4 nitrogen and oxygen atoms in total. The molecule has 3 rings (SSSR count). The Hall–Kier alpha value is -0.850. The van der Waals surface area contributed by atoms with Gasteiger partial charge in [-0.2, -0.15) is 0 Å². The molecule has 2 aliphatic rings. The van der Waals surface area contributed by atoms with Crippen LogP contribution in [0.15, 0.2) is 17.1 Å². The molecule has 1 saturated carbocycles. The van der Waals surface area contributed by atoms with E-state index in [-0.39, 0.29) is 15.4 Å². The maximum absolute atomic E-state index is 12.1. The van der Waals surface area contributed by atoms with Gasteiger partial charge >= 0.3 is 0 Å². The molecule has 0 spiro atoms. The average Bonchev–Trinajstić information content (AvgIpc) is 3.20. The van der Waals surface area contributed by atoms with Gasteiger partial charge in [0.2, 0.25) is 5.91 Å². The number of carbonyl (C=O) groups excluding carboxylic acids is 1. The summed E-state index contributed by atoms with van der Waals surface area (Å²) in [6.45, 7) is 0.831. The molecule has 0 radical (unpaired) electrons. The van der Waals surface area contributed by atoms with E-state index in [9.17, 15) is 9.59 Å². The highest BCUT2D eigenvalue weighted by molar-refractivity contribution is 14.1. The van der Waals surface area contributed by atoms with Crippen LogP contribution in [0.4, 0.5) is 5.69 Å². The van der Waals surface area contributed by atoms with E-state index in [1.165, 1.54) is 12.8 Å². The third-order valence-electron chi connectivity index (χ3n) is 3.96. The van der Waals surface area contributed by atoms with Crippen LogP contribution in [0.2, 0.25) is 0 Å². The van der Waals surface area contributed by atoms with Crippen LogP contribution in [0.3, 0.4) is 0 Å². The third kappa shape index (κ3) is 2.57. The lowest BCUT2D eigenvalue weighted by atomic mass is 10.1. The zero-order chi connectivity index (χ0) is 13.6. The topological polar surface area (TPSA) is 42.3 Å². The van der Waals surface area contributed by atoms with E-state index in [2.05, 4.69) is 22.6 Å². The van der Waals surface area contributed by atoms with Crippen LogP contribution in [-0.2, 0) is 17.8 Å². The number of hydrogen-bond donors (Lipinski definition) is 0. The molecule has 1 aliphatic heterocycles. The lowest BCUT2D eigenvalue weighted by Gasteiger charge is -2.19. The summed E-state index contributed by atoms with van der Waals surface area (Å²) in [6, 6.07) is 1.63. The summed E-state index contributed by atoms with van der Waals surface area (Å²) >= 11 is 2.19. The molecule has 1 amide bonds. The number of aromatic nitrogens is 1. The lowest BCUT2D eigenvalue weighted by molar-refractivity contribution is -0.117. The first-order chi connectivity index (χ1) is 9.06. The number of anilines is 1. The molecular weight excluding hydrogens is 355 g/mol. The third-order valence-corrected chi connectivity index (χ3v) is 5.12. The Balaban J connectivity index is 2.00. The van der Waals surface area contributed by atoms with Gasteiger partial charge in [-0.15, -0.1) is 0 Å². The van der Waals surface area contributed by atoms with E-state index in [0.717, 1.165) is 30.6 Å². The van der Waals surface area contributed by atoms with E-state index in [4.69, 9.17) is 0 Å². The second kappa shape index (κ2) is 4.92. The summed E-state index contributed by atoms with van der Waals surface area (Å²) in [7, 11) is 1.77. The molecule has 5 heteroatoms. The van der Waals surface area contributed by atoms with Crippen molar-refractivity contribution in [1.82, 2.24) is 4.57 Å². The van der Waals surface area contributed by atoms with Gasteiger partial charge in [0.1, 0.15) is 0 Å². The number of rotatable bonds is 2. The van der Waals surface area contributed by atoms with Crippen molar-refractivity contribution in [3.05, 3.63) is 28.2 Å². The van der Waals surface area contributed by atoms with Gasteiger partial charge in [0.05, 0.1) is 9.61 Å². The summed E-state index contributed by atoms with van der Waals surface area (Å²) in [5.41, 5.74) is 1.92. The molecule has 1 fully saturated rings. The standard InChI is InChI=1S/C14H17IN2O2/c1-16-12-6-13(18)17(7-9-2-3-9)8-10(12)4-5-11(15)14(16)19/h6,8-9,11H,2-5,7H2,1H3. The molecule has 0 saturated heterocycles. The van der Waals surface area contributed by atoms with Gasteiger partial charge in [0.25, 0.3) is 5.56 Å². The van der Waals surface area contributed by atoms with Crippen LogP contribution in [0.5, 0.6) is 0 Å². The van der Waals surface area contributed by atoms with E-state index < -0.39 is 0 Å². The first-order valence-corrected chi connectivity index (χ1v) is 7.96. The first-order valence-electron chi connectivity index (χ1n) is 6.71. The molecule has 0 N–H and O–H groups in total. The normalized spacial score (nSPS) is 23.2. The number of nitrogens with zero attached hydrogens (tertiary/aromatic N) is 2. The zero-order valence-corrected chi connectivity index (χ0v) is 13.1. The Morgan fingerprint density at radius 3 is 2.74 bits per heavy atom.